The first kappa shape index (κ1) is 20.1. The van der Waals surface area contributed by atoms with Crippen LogP contribution in [0.1, 0.15) is 12.0 Å². The molecule has 2 aliphatic rings. The van der Waals surface area contributed by atoms with Crippen LogP contribution in [0.4, 0.5) is 0 Å². The van der Waals surface area contributed by atoms with Gasteiger partial charge in [-0.25, -0.2) is 4.99 Å². The molecule has 0 atom stereocenters. The number of hydrogen-bond donors (Lipinski definition) is 1. The molecular weight excluding hydrogens is 370 g/mol. The summed E-state index contributed by atoms with van der Waals surface area (Å²) in [4.78, 5) is 30.0. The molecule has 0 radical (unpaired) electrons. The lowest BCUT2D eigenvalue weighted by atomic mass is 10.1. The molecule has 7 heteroatoms. The van der Waals surface area contributed by atoms with Crippen molar-refractivity contribution in [2.24, 2.45) is 10.7 Å². The van der Waals surface area contributed by atoms with E-state index in [1.165, 1.54) is 11.0 Å². The minimum absolute atomic E-state index is 0.0153. The van der Waals surface area contributed by atoms with Crippen molar-refractivity contribution in [2.45, 2.75) is 6.42 Å². The molecule has 2 aliphatic heterocycles. The Morgan fingerprint density at radius 2 is 2.03 bits per heavy atom. The maximum Gasteiger partial charge on any atom is 0.270 e. The number of carbonyl (C=O) groups is 2. The Morgan fingerprint density at radius 3 is 2.69 bits per heavy atom. The number of allylic oxidation sites excluding steroid dienone is 5. The van der Waals surface area contributed by atoms with E-state index in [1.54, 1.807) is 26.4 Å². The number of nitrogens with zero attached hydrogens (tertiary/aromatic N) is 2. The highest BCUT2D eigenvalue weighted by molar-refractivity contribution is 6.15. The van der Waals surface area contributed by atoms with E-state index in [2.05, 4.69) is 11.6 Å². The molecule has 1 aromatic carbocycles. The molecule has 0 bridgehead atoms. The highest BCUT2D eigenvalue weighted by atomic mass is 16.5. The zero-order valence-electron chi connectivity index (χ0n) is 16.5. The van der Waals surface area contributed by atoms with Crippen molar-refractivity contribution in [3.8, 4) is 11.5 Å². The zero-order chi connectivity index (χ0) is 21.0. The van der Waals surface area contributed by atoms with Gasteiger partial charge in [-0.15, -0.1) is 0 Å². The van der Waals surface area contributed by atoms with Crippen molar-refractivity contribution in [3.63, 3.8) is 0 Å². The van der Waals surface area contributed by atoms with E-state index >= 15 is 0 Å². The van der Waals surface area contributed by atoms with Crippen LogP contribution in [0.25, 0.3) is 5.70 Å². The summed E-state index contributed by atoms with van der Waals surface area (Å²) in [5, 5.41) is 0. The highest BCUT2D eigenvalue weighted by Crippen LogP contribution is 2.31. The molecule has 1 fully saturated rings. The molecule has 7 nitrogen and oxygen atoms in total. The summed E-state index contributed by atoms with van der Waals surface area (Å²) in [7, 11) is 3.14. The number of amides is 1. The average molecular weight is 393 g/mol. The third-order valence-electron chi connectivity index (χ3n) is 4.65. The van der Waals surface area contributed by atoms with Crippen LogP contribution in [0.5, 0.6) is 11.5 Å². The van der Waals surface area contributed by atoms with E-state index in [0.29, 0.717) is 41.4 Å². The van der Waals surface area contributed by atoms with Crippen LogP contribution < -0.4 is 15.2 Å². The number of carbonyl (C=O) groups excluding carboxylic acids is 2. The van der Waals surface area contributed by atoms with Crippen molar-refractivity contribution in [2.75, 3.05) is 27.3 Å². The van der Waals surface area contributed by atoms with Gasteiger partial charge in [-0.2, -0.15) is 0 Å². The van der Waals surface area contributed by atoms with Crippen molar-refractivity contribution >= 4 is 23.1 Å². The molecule has 1 amide bonds. The first-order valence-corrected chi connectivity index (χ1v) is 9.10. The molecule has 0 aromatic heterocycles. The smallest absolute Gasteiger partial charge is 0.270 e. The number of methoxy groups -OCH3 is 2. The van der Waals surface area contributed by atoms with Gasteiger partial charge in [-0.05, 0) is 35.9 Å². The van der Waals surface area contributed by atoms with Crippen molar-refractivity contribution in [1.82, 2.24) is 4.90 Å². The maximum absolute atomic E-state index is 12.5. The van der Waals surface area contributed by atoms with E-state index in [0.717, 1.165) is 5.56 Å². The van der Waals surface area contributed by atoms with Crippen molar-refractivity contribution in [1.29, 1.82) is 0 Å². The predicted molar refractivity (Wildman–Crippen MR) is 112 cm³/mol. The SMILES string of the molecule is C=C1C=CC=C(c2ccc(OC)c(OC)c2)N=C1/C=C(\N)C(=O)N1CCC(=O)C1. The average Bonchev–Trinajstić information content (AvgIpc) is 3.08. The summed E-state index contributed by atoms with van der Waals surface area (Å²) in [5.41, 5.74) is 8.57. The quantitative estimate of drug-likeness (QED) is 0.775. The number of ketones is 1. The Labute approximate surface area is 169 Å². The monoisotopic (exact) mass is 393 g/mol. The maximum atomic E-state index is 12.5. The minimum atomic E-state index is -0.378. The second-order valence-corrected chi connectivity index (χ2v) is 6.62. The Bertz CT molecular complexity index is 986. The van der Waals surface area contributed by atoms with Gasteiger partial charge in [0.05, 0.1) is 37.9 Å². The van der Waals surface area contributed by atoms with Gasteiger partial charge < -0.3 is 20.1 Å². The fourth-order valence-corrected chi connectivity index (χ4v) is 3.06. The lowest BCUT2D eigenvalue weighted by molar-refractivity contribution is -0.128. The topological polar surface area (TPSA) is 94.2 Å². The molecule has 1 saturated heterocycles. The van der Waals surface area contributed by atoms with Crippen LogP contribution in [0.2, 0.25) is 0 Å². The molecule has 0 saturated carbocycles. The normalized spacial score (nSPS) is 17.0. The van der Waals surface area contributed by atoms with Gasteiger partial charge in [-0.3, -0.25) is 9.59 Å². The molecule has 0 spiro atoms. The summed E-state index contributed by atoms with van der Waals surface area (Å²) < 4.78 is 10.6. The number of Topliss-reactive ketones (excluding diaryl/α,β-unsaturated/α-hetero) is 1. The number of nitrogens with two attached hydrogens (primary N) is 1. The number of ether oxygens (including phenoxy) is 2. The van der Waals surface area contributed by atoms with E-state index in [1.807, 2.05) is 24.3 Å². The zero-order valence-corrected chi connectivity index (χ0v) is 16.5. The Hall–Kier alpha value is -3.61. The van der Waals surface area contributed by atoms with E-state index < -0.39 is 0 Å². The second kappa shape index (κ2) is 8.60. The molecule has 3 rings (SSSR count). The van der Waals surface area contributed by atoms with Crippen molar-refractivity contribution in [3.05, 3.63) is 65.9 Å². The summed E-state index contributed by atoms with van der Waals surface area (Å²) in [6.45, 7) is 4.47. The van der Waals surface area contributed by atoms with Gasteiger partial charge in [-0.1, -0.05) is 18.7 Å². The fraction of sp³-hybridized carbons (Fsp3) is 0.227. The van der Waals surface area contributed by atoms with E-state index in [-0.39, 0.29) is 23.9 Å². The Balaban J connectivity index is 1.92. The summed E-state index contributed by atoms with van der Waals surface area (Å²) >= 11 is 0. The lowest BCUT2D eigenvalue weighted by Gasteiger charge is -2.14. The van der Waals surface area contributed by atoms with Gasteiger partial charge in [0.1, 0.15) is 0 Å². The second-order valence-electron chi connectivity index (χ2n) is 6.62. The molecule has 2 heterocycles. The molecule has 1 aromatic rings. The van der Waals surface area contributed by atoms with Crippen LogP contribution >= 0.6 is 0 Å². The number of aliphatic imine (C=N–C) groups is 1. The Morgan fingerprint density at radius 1 is 1.28 bits per heavy atom. The van der Waals surface area contributed by atoms with Crippen LogP contribution in [-0.4, -0.2) is 49.6 Å². The first-order valence-electron chi connectivity index (χ1n) is 9.10. The largest absolute Gasteiger partial charge is 0.493 e. The van der Waals surface area contributed by atoms with Crippen LogP contribution in [-0.2, 0) is 9.59 Å². The number of likely N-dealkylation sites (tertiary alicyclic amines) is 1. The Kier molecular flexibility index (Phi) is 5.97. The fourth-order valence-electron chi connectivity index (χ4n) is 3.06. The van der Waals surface area contributed by atoms with E-state index in [4.69, 9.17) is 15.2 Å². The number of rotatable bonds is 5. The molecule has 150 valence electrons. The van der Waals surface area contributed by atoms with Gasteiger partial charge in [0, 0.05) is 18.5 Å². The minimum Gasteiger partial charge on any atom is -0.493 e. The molecular formula is C22H23N3O4. The van der Waals surface area contributed by atoms with Gasteiger partial charge in [0.25, 0.3) is 5.91 Å². The molecule has 0 aliphatic carbocycles. The van der Waals surface area contributed by atoms with Crippen LogP contribution in [0, 0.1) is 0 Å². The van der Waals surface area contributed by atoms with E-state index in [9.17, 15) is 9.59 Å². The van der Waals surface area contributed by atoms with Gasteiger partial charge in [0.15, 0.2) is 17.3 Å². The summed E-state index contributed by atoms with van der Waals surface area (Å²) in [6.07, 6.45) is 7.32. The van der Waals surface area contributed by atoms with Crippen LogP contribution in [0.3, 0.4) is 0 Å². The standard InChI is InChI=1S/C22H23N3O4/c1-14-5-4-6-18(15-7-8-20(28-2)21(11-15)29-3)24-19(14)12-17(23)22(27)25-10-9-16(26)13-25/h4-8,11-12H,1,9-10,13,23H2,2-3H3/b17-12-. The molecule has 2 N–H and O–H groups in total. The third-order valence-corrected chi connectivity index (χ3v) is 4.65. The molecule has 29 heavy (non-hydrogen) atoms. The molecule has 0 unspecified atom stereocenters. The lowest BCUT2D eigenvalue weighted by Crippen LogP contribution is -2.33. The summed E-state index contributed by atoms with van der Waals surface area (Å²) in [5.74, 6) is 0.850. The van der Waals surface area contributed by atoms with Gasteiger partial charge in [0.2, 0.25) is 0 Å². The summed E-state index contributed by atoms with van der Waals surface area (Å²) in [6, 6.07) is 5.48. The first-order chi connectivity index (χ1) is 13.9. The van der Waals surface area contributed by atoms with Gasteiger partial charge >= 0.3 is 0 Å². The number of hydrogen-bond acceptors (Lipinski definition) is 6. The van der Waals surface area contributed by atoms with Crippen molar-refractivity contribution < 1.29 is 19.1 Å². The van der Waals surface area contributed by atoms with Crippen LogP contribution in [0.15, 0.2) is 65.3 Å². The number of benzene rings is 1. The predicted octanol–water partition coefficient (Wildman–Crippen LogP) is 2.26. The third kappa shape index (κ3) is 4.45. The highest BCUT2D eigenvalue weighted by Gasteiger charge is 2.25.